The molecule has 0 fully saturated rings. The Balaban J connectivity index is 3.17. The Morgan fingerprint density at radius 1 is 1.74 bits per heavy atom. The molecule has 1 heterocycles. The Morgan fingerprint density at radius 3 is 2.84 bits per heavy atom. The third-order valence-corrected chi connectivity index (χ3v) is 2.42. The molecule has 0 saturated carbocycles. The fraction of sp³-hybridized carbons (Fsp3) is 0.364. The maximum Gasteiger partial charge on any atom is 0.337 e. The maximum absolute atomic E-state index is 10.9. The molecule has 1 aromatic heterocycles. The van der Waals surface area contributed by atoms with Gasteiger partial charge in [-0.2, -0.15) is 5.26 Å². The van der Waals surface area contributed by atoms with Gasteiger partial charge in [-0.1, -0.05) is 0 Å². The van der Waals surface area contributed by atoms with Crippen molar-refractivity contribution in [3.8, 4) is 6.07 Å². The zero-order chi connectivity index (χ0) is 14.6. The molecular weight excluding hydrogens is 252 g/mol. The lowest BCUT2D eigenvalue weighted by Gasteiger charge is -2.18. The smallest absolute Gasteiger partial charge is 0.337 e. The van der Waals surface area contributed by atoms with Crippen LogP contribution in [-0.4, -0.2) is 34.6 Å². The summed E-state index contributed by atoms with van der Waals surface area (Å²) in [5, 5.41) is 28.4. The summed E-state index contributed by atoms with van der Waals surface area (Å²) in [5.41, 5.74) is -0.648. The second-order valence-electron chi connectivity index (χ2n) is 4.04. The van der Waals surface area contributed by atoms with Crippen LogP contribution >= 0.6 is 0 Å². The van der Waals surface area contributed by atoms with E-state index in [0.29, 0.717) is 0 Å². The van der Waals surface area contributed by atoms with Crippen LogP contribution in [0.3, 0.4) is 0 Å². The number of rotatable bonds is 5. The van der Waals surface area contributed by atoms with Crippen LogP contribution in [0.5, 0.6) is 0 Å². The van der Waals surface area contributed by atoms with Gasteiger partial charge >= 0.3 is 11.7 Å². The fourth-order valence-corrected chi connectivity index (χ4v) is 1.53. The number of carboxylic acid groups (broad SMARTS) is 1. The van der Waals surface area contributed by atoms with Crippen molar-refractivity contribution in [3.05, 3.63) is 27.9 Å². The number of hydrogen-bond acceptors (Lipinski definition) is 6. The molecule has 0 saturated heterocycles. The Hall–Kier alpha value is -2.69. The van der Waals surface area contributed by atoms with Crippen molar-refractivity contribution in [2.24, 2.45) is 5.92 Å². The normalized spacial score (nSPS) is 11.4. The molecule has 0 radical (unpaired) electrons. The fourth-order valence-electron chi connectivity index (χ4n) is 1.53. The molecule has 1 atom stereocenters. The number of aromatic nitrogens is 1. The van der Waals surface area contributed by atoms with Crippen LogP contribution in [0.2, 0.25) is 0 Å². The predicted molar refractivity (Wildman–Crippen MR) is 65.9 cm³/mol. The molecule has 1 rings (SSSR count). The zero-order valence-corrected chi connectivity index (χ0v) is 10.4. The van der Waals surface area contributed by atoms with E-state index in [1.54, 1.807) is 14.0 Å². The molecule has 8 heteroatoms. The molecule has 19 heavy (non-hydrogen) atoms. The number of carbonyl (C=O) groups is 1. The maximum atomic E-state index is 10.9. The summed E-state index contributed by atoms with van der Waals surface area (Å²) in [6, 6.07) is 2.97. The van der Waals surface area contributed by atoms with Gasteiger partial charge in [0, 0.05) is 25.9 Å². The van der Waals surface area contributed by atoms with Crippen molar-refractivity contribution < 1.29 is 14.8 Å². The standard InChI is InChI=1S/C11H12N4O4/c1-7(4-12)6-14(2)10-9(15(18)19)3-8(5-13-10)11(16)17/h3,5,7H,6H2,1-2H3,(H,16,17). The van der Waals surface area contributed by atoms with Crippen molar-refractivity contribution in [2.45, 2.75) is 6.92 Å². The highest BCUT2D eigenvalue weighted by atomic mass is 16.6. The quantitative estimate of drug-likeness (QED) is 0.628. The van der Waals surface area contributed by atoms with E-state index in [1.807, 2.05) is 6.07 Å². The van der Waals surface area contributed by atoms with E-state index in [2.05, 4.69) is 4.98 Å². The Morgan fingerprint density at radius 2 is 2.37 bits per heavy atom. The van der Waals surface area contributed by atoms with Gasteiger partial charge in [-0.3, -0.25) is 10.1 Å². The zero-order valence-electron chi connectivity index (χ0n) is 10.4. The highest BCUT2D eigenvalue weighted by Crippen LogP contribution is 2.26. The number of nitro groups is 1. The van der Waals surface area contributed by atoms with E-state index >= 15 is 0 Å². The molecule has 1 unspecified atom stereocenters. The van der Waals surface area contributed by atoms with Gasteiger partial charge in [0.25, 0.3) is 0 Å². The number of aromatic carboxylic acids is 1. The molecular formula is C11H12N4O4. The number of nitriles is 1. The van der Waals surface area contributed by atoms with Crippen LogP contribution in [0.1, 0.15) is 17.3 Å². The Kier molecular flexibility index (Phi) is 4.36. The lowest BCUT2D eigenvalue weighted by molar-refractivity contribution is -0.384. The van der Waals surface area contributed by atoms with Gasteiger partial charge in [0.2, 0.25) is 5.82 Å². The molecule has 100 valence electrons. The van der Waals surface area contributed by atoms with Crippen LogP contribution in [0, 0.1) is 27.4 Å². The van der Waals surface area contributed by atoms with Gasteiger partial charge in [0.15, 0.2) is 0 Å². The third-order valence-electron chi connectivity index (χ3n) is 2.42. The van der Waals surface area contributed by atoms with Gasteiger partial charge < -0.3 is 10.0 Å². The summed E-state index contributed by atoms with van der Waals surface area (Å²) in [7, 11) is 1.56. The van der Waals surface area contributed by atoms with Crippen molar-refractivity contribution in [3.63, 3.8) is 0 Å². The van der Waals surface area contributed by atoms with Gasteiger partial charge in [0.1, 0.15) is 0 Å². The lowest BCUT2D eigenvalue weighted by Crippen LogP contribution is -2.25. The molecule has 1 aromatic rings. The van der Waals surface area contributed by atoms with Crippen LogP contribution in [-0.2, 0) is 0 Å². The third kappa shape index (κ3) is 3.38. The van der Waals surface area contributed by atoms with E-state index < -0.39 is 16.6 Å². The van der Waals surface area contributed by atoms with E-state index in [0.717, 1.165) is 12.3 Å². The van der Waals surface area contributed by atoms with Crippen LogP contribution in [0.15, 0.2) is 12.3 Å². The molecule has 1 N–H and O–H groups in total. The van der Waals surface area contributed by atoms with Crippen molar-refractivity contribution in [2.75, 3.05) is 18.5 Å². The summed E-state index contributed by atoms with van der Waals surface area (Å²) in [6.07, 6.45) is 1.05. The summed E-state index contributed by atoms with van der Waals surface area (Å²) in [6.45, 7) is 1.94. The molecule has 0 spiro atoms. The second-order valence-corrected chi connectivity index (χ2v) is 4.04. The first-order chi connectivity index (χ1) is 8.86. The van der Waals surface area contributed by atoms with E-state index in [9.17, 15) is 14.9 Å². The number of pyridine rings is 1. The molecule has 0 bridgehead atoms. The van der Waals surface area contributed by atoms with Gasteiger partial charge in [0.05, 0.1) is 22.5 Å². The van der Waals surface area contributed by atoms with Crippen LogP contribution < -0.4 is 4.90 Å². The SMILES string of the molecule is CC(C#N)CN(C)c1ncc(C(=O)O)cc1[N+](=O)[O-]. The molecule has 0 aliphatic rings. The highest BCUT2D eigenvalue weighted by molar-refractivity contribution is 5.88. The first-order valence-corrected chi connectivity index (χ1v) is 5.35. The van der Waals surface area contributed by atoms with Crippen LogP contribution in [0.4, 0.5) is 11.5 Å². The summed E-state index contributed by atoms with van der Waals surface area (Å²) >= 11 is 0. The van der Waals surface area contributed by atoms with Crippen LogP contribution in [0.25, 0.3) is 0 Å². The van der Waals surface area contributed by atoms with E-state index in [1.165, 1.54) is 4.90 Å². The Labute approximate surface area is 109 Å². The average Bonchev–Trinajstić information content (AvgIpc) is 2.37. The van der Waals surface area contributed by atoms with Gasteiger partial charge in [-0.15, -0.1) is 0 Å². The summed E-state index contributed by atoms with van der Waals surface area (Å²) in [5.74, 6) is -1.57. The molecule has 8 nitrogen and oxygen atoms in total. The van der Waals surface area contributed by atoms with Gasteiger partial charge in [-0.25, -0.2) is 9.78 Å². The van der Waals surface area contributed by atoms with E-state index in [-0.39, 0.29) is 23.8 Å². The largest absolute Gasteiger partial charge is 0.478 e. The van der Waals surface area contributed by atoms with Crippen molar-refractivity contribution in [1.29, 1.82) is 5.26 Å². The average molecular weight is 264 g/mol. The lowest BCUT2D eigenvalue weighted by atomic mass is 10.2. The molecule has 0 aromatic carbocycles. The molecule has 0 aliphatic carbocycles. The predicted octanol–water partition coefficient (Wildman–Crippen LogP) is 1.28. The van der Waals surface area contributed by atoms with E-state index in [4.69, 9.17) is 10.4 Å². The molecule has 0 aliphatic heterocycles. The number of carboxylic acids is 1. The monoisotopic (exact) mass is 264 g/mol. The minimum absolute atomic E-state index is 0.0390. The number of anilines is 1. The number of hydrogen-bond donors (Lipinski definition) is 1. The minimum Gasteiger partial charge on any atom is -0.478 e. The first kappa shape index (κ1) is 14.4. The first-order valence-electron chi connectivity index (χ1n) is 5.35. The van der Waals surface area contributed by atoms with Gasteiger partial charge in [-0.05, 0) is 6.92 Å². The summed E-state index contributed by atoms with van der Waals surface area (Å²) in [4.78, 5) is 26.3. The van der Waals surface area contributed by atoms with Crippen molar-refractivity contribution >= 4 is 17.5 Å². The van der Waals surface area contributed by atoms with Crippen molar-refractivity contribution in [1.82, 2.24) is 4.98 Å². The number of nitrogens with zero attached hydrogens (tertiary/aromatic N) is 4. The topological polar surface area (TPSA) is 120 Å². The minimum atomic E-state index is -1.28. The highest BCUT2D eigenvalue weighted by Gasteiger charge is 2.22. The summed E-state index contributed by atoms with van der Waals surface area (Å²) < 4.78 is 0. The molecule has 0 amide bonds. The Bertz CT molecular complexity index is 552. The second kappa shape index (κ2) is 5.77.